The summed E-state index contributed by atoms with van der Waals surface area (Å²) < 4.78 is 23.0. The lowest BCUT2D eigenvalue weighted by Crippen LogP contribution is -2.65. The number of hydrogen-bond acceptors (Lipinski definition) is 13. The zero-order valence-electron chi connectivity index (χ0n) is 62.4. The number of allylic oxidation sites excluding steroid dienone is 4. The van der Waals surface area contributed by atoms with Crippen molar-refractivity contribution in [1.82, 2.24) is 5.32 Å². The van der Waals surface area contributed by atoms with E-state index in [1.165, 1.54) is 315 Å². The molecule has 568 valence electrons. The van der Waals surface area contributed by atoms with Crippen LogP contribution in [-0.4, -0.2) is 140 Å². The second-order valence-corrected chi connectivity index (χ2v) is 29.6. The van der Waals surface area contributed by atoms with Gasteiger partial charge in [-0.25, -0.2) is 0 Å². The number of aliphatic hydroxyl groups excluding tert-OH is 8. The van der Waals surface area contributed by atoms with E-state index >= 15 is 0 Å². The maximum atomic E-state index is 13.4. The third-order valence-corrected chi connectivity index (χ3v) is 20.7. The minimum Gasteiger partial charge on any atom is -0.394 e. The molecular weight excluding hydrogens is 1210 g/mol. The molecule has 2 aliphatic rings. The Morgan fingerprint density at radius 3 is 1.04 bits per heavy atom. The van der Waals surface area contributed by atoms with Crippen molar-refractivity contribution in [1.29, 1.82) is 0 Å². The van der Waals surface area contributed by atoms with E-state index in [1.807, 2.05) is 0 Å². The quantitative estimate of drug-likeness (QED) is 0.0204. The number of amides is 1. The third kappa shape index (κ3) is 49.1. The van der Waals surface area contributed by atoms with Crippen molar-refractivity contribution in [2.24, 2.45) is 0 Å². The summed E-state index contributed by atoms with van der Waals surface area (Å²) in [4.78, 5) is 13.4. The first-order valence-electron chi connectivity index (χ1n) is 41.6. The normalized spacial score (nSPS) is 22.3. The van der Waals surface area contributed by atoms with E-state index in [0.717, 1.165) is 57.8 Å². The summed E-state index contributed by atoms with van der Waals surface area (Å²) in [6.07, 6.45) is 69.4. The number of aliphatic hydroxyl groups is 8. The van der Waals surface area contributed by atoms with Gasteiger partial charge in [0.2, 0.25) is 5.91 Å². The highest BCUT2D eigenvalue weighted by molar-refractivity contribution is 5.76. The fourth-order valence-corrected chi connectivity index (χ4v) is 14.1. The van der Waals surface area contributed by atoms with Crippen molar-refractivity contribution in [3.05, 3.63) is 24.3 Å². The molecule has 0 saturated carbocycles. The van der Waals surface area contributed by atoms with Crippen LogP contribution in [0.3, 0.4) is 0 Å². The summed E-state index contributed by atoms with van der Waals surface area (Å²) in [7, 11) is 0. The van der Waals surface area contributed by atoms with Gasteiger partial charge in [0.15, 0.2) is 12.6 Å². The molecule has 96 heavy (non-hydrogen) atoms. The zero-order valence-corrected chi connectivity index (χ0v) is 62.4. The molecule has 0 aromatic rings. The number of nitrogens with one attached hydrogen (secondary N) is 1. The lowest BCUT2D eigenvalue weighted by atomic mass is 9.97. The van der Waals surface area contributed by atoms with Crippen LogP contribution in [0.2, 0.25) is 0 Å². The Bertz CT molecular complexity index is 1700. The standard InChI is InChI=1S/C82H157NO13/c1-3-5-7-9-11-13-15-17-19-21-23-25-27-29-31-32-33-34-35-36-37-38-40-42-44-46-48-50-52-54-56-58-60-62-64-66-74(87)83-70(69-93-81-79(92)77(90)80(73(68-85)95-81)96-82-78(91)76(89)75(88)72(67-84)94-82)71(86)65-63-61-59-57-55-53-51-49-47-45-43-41-39-30-28-26-24-22-20-18-16-14-12-10-8-6-4-2/h15,17,21,23,70-73,75-82,84-86,88-92H,3-14,16,18-20,22,24-69H2,1-2H3,(H,83,87)/b17-15-,23-21-. The van der Waals surface area contributed by atoms with Crippen LogP contribution in [-0.2, 0) is 23.7 Å². The van der Waals surface area contributed by atoms with Crippen LogP contribution in [0.25, 0.3) is 0 Å². The van der Waals surface area contributed by atoms with Crippen molar-refractivity contribution in [3.63, 3.8) is 0 Å². The van der Waals surface area contributed by atoms with E-state index in [-0.39, 0.29) is 12.5 Å². The summed E-state index contributed by atoms with van der Waals surface area (Å²) in [5, 5.41) is 87.9. The second-order valence-electron chi connectivity index (χ2n) is 29.6. The fraction of sp³-hybridized carbons (Fsp3) is 0.939. The Hall–Kier alpha value is -1.53. The van der Waals surface area contributed by atoms with Gasteiger partial charge in [0.1, 0.15) is 48.8 Å². The van der Waals surface area contributed by atoms with Crippen LogP contribution in [0, 0.1) is 0 Å². The van der Waals surface area contributed by atoms with Gasteiger partial charge in [-0.05, 0) is 44.9 Å². The minimum absolute atomic E-state index is 0.197. The van der Waals surface area contributed by atoms with Crippen LogP contribution in [0.15, 0.2) is 24.3 Å². The van der Waals surface area contributed by atoms with Gasteiger partial charge in [-0.3, -0.25) is 4.79 Å². The van der Waals surface area contributed by atoms with Gasteiger partial charge in [-0.15, -0.1) is 0 Å². The second kappa shape index (κ2) is 66.7. The molecular formula is C82H157NO13. The molecule has 1 amide bonds. The van der Waals surface area contributed by atoms with E-state index in [0.29, 0.717) is 12.8 Å². The highest BCUT2D eigenvalue weighted by Crippen LogP contribution is 2.31. The van der Waals surface area contributed by atoms with E-state index in [9.17, 15) is 45.6 Å². The summed E-state index contributed by atoms with van der Waals surface area (Å²) in [5.74, 6) is -0.197. The SMILES string of the molecule is CCCCCCC/C=C\C/C=C\CCCCCCCCCCCCCCCCCCCCCCCCCC(=O)NC(COC1OC(CO)C(OC2OC(CO)C(O)C(O)C2O)C(O)C1O)C(O)CCCCCCCCCCCCCCCCCCCCCCCCCCCCC. The molecule has 2 heterocycles. The lowest BCUT2D eigenvalue weighted by Gasteiger charge is -2.46. The molecule has 0 radical (unpaired) electrons. The molecule has 2 rings (SSSR count). The molecule has 9 N–H and O–H groups in total. The van der Waals surface area contributed by atoms with Crippen molar-refractivity contribution in [3.8, 4) is 0 Å². The zero-order chi connectivity index (χ0) is 69.4. The van der Waals surface area contributed by atoms with Crippen molar-refractivity contribution < 1.29 is 64.6 Å². The molecule has 2 aliphatic heterocycles. The minimum atomic E-state index is -1.78. The van der Waals surface area contributed by atoms with Crippen molar-refractivity contribution >= 4 is 5.91 Å². The number of carbonyl (C=O) groups is 1. The molecule has 2 fully saturated rings. The van der Waals surface area contributed by atoms with Gasteiger partial charge in [0.25, 0.3) is 0 Å². The molecule has 12 unspecified atom stereocenters. The largest absolute Gasteiger partial charge is 0.394 e. The van der Waals surface area contributed by atoms with Gasteiger partial charge < -0.3 is 65.1 Å². The predicted molar refractivity (Wildman–Crippen MR) is 397 cm³/mol. The van der Waals surface area contributed by atoms with E-state index in [4.69, 9.17) is 18.9 Å². The van der Waals surface area contributed by atoms with Crippen molar-refractivity contribution in [2.45, 2.75) is 473 Å². The Labute approximate surface area is 589 Å². The molecule has 0 bridgehead atoms. The summed E-state index contributed by atoms with van der Waals surface area (Å²) in [5.41, 5.74) is 0. The van der Waals surface area contributed by atoms with Crippen molar-refractivity contribution in [2.75, 3.05) is 19.8 Å². The average Bonchev–Trinajstić information content (AvgIpc) is 0.797. The molecule has 0 aromatic heterocycles. The van der Waals surface area contributed by atoms with Crippen LogP contribution in [0.4, 0.5) is 0 Å². The Balaban J connectivity index is 1.58. The fourth-order valence-electron chi connectivity index (χ4n) is 14.1. The number of carbonyl (C=O) groups excluding carboxylic acids is 1. The maximum absolute atomic E-state index is 13.4. The first kappa shape index (κ1) is 90.6. The van der Waals surface area contributed by atoms with Gasteiger partial charge in [0, 0.05) is 6.42 Å². The molecule has 0 aliphatic carbocycles. The molecule has 2 saturated heterocycles. The predicted octanol–water partition coefficient (Wildman–Crippen LogP) is 19.0. The third-order valence-electron chi connectivity index (χ3n) is 20.7. The van der Waals surface area contributed by atoms with Crippen LogP contribution < -0.4 is 5.32 Å². The Morgan fingerprint density at radius 1 is 0.375 bits per heavy atom. The molecule has 0 aromatic carbocycles. The van der Waals surface area contributed by atoms with Gasteiger partial charge in [0.05, 0.1) is 32.0 Å². The number of hydrogen-bond donors (Lipinski definition) is 9. The first-order chi connectivity index (χ1) is 47.1. The monoisotopic (exact) mass is 1360 g/mol. The summed E-state index contributed by atoms with van der Waals surface area (Å²) in [6, 6.07) is -0.828. The highest BCUT2D eigenvalue weighted by Gasteiger charge is 2.51. The van der Waals surface area contributed by atoms with Crippen LogP contribution in [0.1, 0.15) is 399 Å². The van der Waals surface area contributed by atoms with Gasteiger partial charge in [-0.1, -0.05) is 372 Å². The smallest absolute Gasteiger partial charge is 0.220 e. The van der Waals surface area contributed by atoms with Gasteiger partial charge in [-0.2, -0.15) is 0 Å². The Morgan fingerprint density at radius 2 is 0.688 bits per heavy atom. The molecule has 12 atom stereocenters. The topological polar surface area (TPSA) is 228 Å². The molecule has 14 nitrogen and oxygen atoms in total. The highest BCUT2D eigenvalue weighted by atomic mass is 16.7. The summed E-state index contributed by atoms with van der Waals surface area (Å²) in [6.45, 7) is 2.93. The number of ether oxygens (including phenoxy) is 4. The molecule has 14 heteroatoms. The lowest BCUT2D eigenvalue weighted by molar-refractivity contribution is -0.359. The van der Waals surface area contributed by atoms with Crippen LogP contribution >= 0.6 is 0 Å². The maximum Gasteiger partial charge on any atom is 0.220 e. The van der Waals surface area contributed by atoms with E-state index in [2.05, 4.69) is 43.5 Å². The van der Waals surface area contributed by atoms with Crippen LogP contribution in [0.5, 0.6) is 0 Å². The molecule has 0 spiro atoms. The van der Waals surface area contributed by atoms with E-state index in [1.54, 1.807) is 0 Å². The average molecular weight is 1370 g/mol. The Kier molecular flexibility index (Phi) is 62.9. The number of rotatable bonds is 71. The summed E-state index contributed by atoms with van der Waals surface area (Å²) >= 11 is 0. The van der Waals surface area contributed by atoms with Gasteiger partial charge >= 0.3 is 0 Å². The van der Waals surface area contributed by atoms with E-state index < -0.39 is 86.8 Å². The first-order valence-corrected chi connectivity index (χ1v) is 41.6. The number of unbranched alkanes of at least 4 members (excludes halogenated alkanes) is 54.